The first-order valence-corrected chi connectivity index (χ1v) is 10.7. The predicted octanol–water partition coefficient (Wildman–Crippen LogP) is 2.77. The smallest absolute Gasteiger partial charge is 0.267 e. The van der Waals surface area contributed by atoms with Crippen LogP contribution >= 0.6 is 0 Å². The number of amides is 2. The quantitative estimate of drug-likeness (QED) is 0.200. The van der Waals surface area contributed by atoms with Crippen LogP contribution in [-0.2, 0) is 16.0 Å². The largest absolute Gasteiger partial charge is 0.505 e. The zero-order valence-corrected chi connectivity index (χ0v) is 18.4. The van der Waals surface area contributed by atoms with Crippen molar-refractivity contribution in [3.05, 3.63) is 70.5 Å². The van der Waals surface area contributed by atoms with Gasteiger partial charge in [0, 0.05) is 31.9 Å². The fraction of sp³-hybridized carbons (Fsp3) is 0.375. The molecule has 1 heterocycles. The minimum atomic E-state index is -0.605. The molecule has 0 unspecified atom stereocenters. The van der Waals surface area contributed by atoms with Gasteiger partial charge in [0.05, 0.1) is 11.9 Å². The number of aliphatic imine (C=N–C) groups is 1. The van der Waals surface area contributed by atoms with Crippen LogP contribution in [0.4, 0.5) is 4.39 Å². The first-order chi connectivity index (χ1) is 15.3. The van der Waals surface area contributed by atoms with Crippen LogP contribution in [0.2, 0.25) is 0 Å². The summed E-state index contributed by atoms with van der Waals surface area (Å²) in [5, 5.41) is 16.5. The lowest BCUT2D eigenvalue weighted by atomic mass is 10.0. The van der Waals surface area contributed by atoms with Crippen LogP contribution < -0.4 is 10.6 Å². The Balaban J connectivity index is 1.90. The monoisotopic (exact) mass is 440 g/mol. The van der Waals surface area contributed by atoms with Crippen molar-refractivity contribution in [2.75, 3.05) is 20.1 Å². The van der Waals surface area contributed by atoms with Gasteiger partial charge in [-0.1, -0.05) is 18.7 Å². The summed E-state index contributed by atoms with van der Waals surface area (Å²) < 4.78 is 13.2. The molecule has 1 aromatic rings. The van der Waals surface area contributed by atoms with E-state index in [0.29, 0.717) is 37.3 Å². The van der Waals surface area contributed by atoms with Crippen LogP contribution in [0.15, 0.2) is 64.1 Å². The van der Waals surface area contributed by atoms with Crippen molar-refractivity contribution in [2.24, 2.45) is 4.99 Å². The normalized spacial score (nSPS) is 17.5. The third-order valence-electron chi connectivity index (χ3n) is 5.42. The second-order valence-electron chi connectivity index (χ2n) is 8.00. The van der Waals surface area contributed by atoms with E-state index in [0.717, 1.165) is 30.2 Å². The van der Waals surface area contributed by atoms with Gasteiger partial charge in [-0.15, -0.1) is 0 Å². The van der Waals surface area contributed by atoms with E-state index in [1.54, 1.807) is 19.1 Å². The number of nitrogens with one attached hydrogen (secondary N) is 2. The van der Waals surface area contributed by atoms with E-state index in [1.807, 2.05) is 0 Å². The zero-order chi connectivity index (χ0) is 23.3. The van der Waals surface area contributed by atoms with Crippen molar-refractivity contribution < 1.29 is 19.1 Å². The molecule has 0 saturated heterocycles. The maximum Gasteiger partial charge on any atom is 0.267 e. The Morgan fingerprint density at radius 3 is 2.66 bits per heavy atom. The van der Waals surface area contributed by atoms with E-state index in [9.17, 15) is 19.1 Å². The molecule has 1 fully saturated rings. The lowest BCUT2D eigenvalue weighted by molar-refractivity contribution is -0.129. The molecule has 3 rings (SSSR count). The summed E-state index contributed by atoms with van der Waals surface area (Å²) in [6, 6.07) is 6.22. The number of benzene rings is 1. The Morgan fingerprint density at radius 2 is 2.03 bits per heavy atom. The molecular formula is C24H29FN4O3. The van der Waals surface area contributed by atoms with Gasteiger partial charge < -0.3 is 20.6 Å². The van der Waals surface area contributed by atoms with Crippen molar-refractivity contribution in [3.8, 4) is 0 Å². The molecule has 1 aromatic carbocycles. The third-order valence-corrected chi connectivity index (χ3v) is 5.42. The van der Waals surface area contributed by atoms with Gasteiger partial charge >= 0.3 is 0 Å². The highest BCUT2D eigenvalue weighted by Crippen LogP contribution is 2.24. The number of carbonyl (C=O) groups excluding carboxylic acids is 2. The minimum absolute atomic E-state index is 0.0325. The summed E-state index contributed by atoms with van der Waals surface area (Å²) in [4.78, 5) is 31.4. The van der Waals surface area contributed by atoms with Crippen molar-refractivity contribution in [1.29, 1.82) is 0 Å². The SMILES string of the molecule is C=C(Cc1ccc(F)cc1)C1=C(C)N(C(=O)/C(C(=O)NC2CC2)=C(/O)C=NC)CCCN1. The lowest BCUT2D eigenvalue weighted by Crippen LogP contribution is -2.39. The van der Waals surface area contributed by atoms with E-state index in [4.69, 9.17) is 0 Å². The number of hydrogen-bond donors (Lipinski definition) is 3. The molecule has 7 nitrogen and oxygen atoms in total. The molecule has 0 bridgehead atoms. The minimum Gasteiger partial charge on any atom is -0.505 e. The van der Waals surface area contributed by atoms with Gasteiger partial charge in [-0.25, -0.2) is 4.39 Å². The van der Waals surface area contributed by atoms with Gasteiger partial charge in [-0.3, -0.25) is 14.6 Å². The Hall–Kier alpha value is -3.42. The molecule has 3 N–H and O–H groups in total. The molecular weight excluding hydrogens is 411 g/mol. The number of hydrogen-bond acceptors (Lipinski definition) is 5. The number of carbonyl (C=O) groups is 2. The van der Waals surface area contributed by atoms with E-state index in [1.165, 1.54) is 24.1 Å². The molecule has 8 heteroatoms. The molecule has 0 spiro atoms. The van der Waals surface area contributed by atoms with Crippen LogP contribution in [0.5, 0.6) is 0 Å². The van der Waals surface area contributed by atoms with Gasteiger partial charge in [0.15, 0.2) is 5.76 Å². The van der Waals surface area contributed by atoms with Gasteiger partial charge in [-0.2, -0.15) is 0 Å². The Kier molecular flexibility index (Phi) is 7.45. The predicted molar refractivity (Wildman–Crippen MR) is 122 cm³/mol. The average Bonchev–Trinajstić information content (AvgIpc) is 3.57. The fourth-order valence-corrected chi connectivity index (χ4v) is 3.58. The van der Waals surface area contributed by atoms with Crippen LogP contribution in [0, 0.1) is 5.82 Å². The molecule has 32 heavy (non-hydrogen) atoms. The van der Waals surface area contributed by atoms with Crippen molar-refractivity contribution >= 4 is 18.0 Å². The summed E-state index contributed by atoms with van der Waals surface area (Å²) in [6.07, 6.45) is 3.94. The average molecular weight is 441 g/mol. The second kappa shape index (κ2) is 10.3. The van der Waals surface area contributed by atoms with Crippen molar-refractivity contribution in [1.82, 2.24) is 15.5 Å². The van der Waals surface area contributed by atoms with Gasteiger partial charge in [-0.05, 0) is 55.9 Å². The first kappa shape index (κ1) is 23.2. The fourth-order valence-electron chi connectivity index (χ4n) is 3.58. The van der Waals surface area contributed by atoms with Crippen LogP contribution in [0.3, 0.4) is 0 Å². The van der Waals surface area contributed by atoms with E-state index < -0.39 is 17.6 Å². The Morgan fingerprint density at radius 1 is 1.34 bits per heavy atom. The van der Waals surface area contributed by atoms with Crippen LogP contribution in [0.1, 0.15) is 31.7 Å². The molecule has 0 aromatic heterocycles. The molecule has 2 amide bonds. The highest BCUT2D eigenvalue weighted by atomic mass is 19.1. The van der Waals surface area contributed by atoms with Crippen molar-refractivity contribution in [3.63, 3.8) is 0 Å². The second-order valence-corrected chi connectivity index (χ2v) is 8.00. The topological polar surface area (TPSA) is 94.0 Å². The number of halogens is 1. The molecule has 1 aliphatic heterocycles. The number of allylic oxidation sites excluding steroid dienone is 3. The number of aliphatic hydroxyl groups is 1. The molecule has 0 radical (unpaired) electrons. The van der Waals surface area contributed by atoms with Gasteiger partial charge in [0.25, 0.3) is 11.8 Å². The summed E-state index contributed by atoms with van der Waals surface area (Å²) in [5.41, 5.74) is 2.61. The maximum absolute atomic E-state index is 13.4. The molecule has 1 aliphatic carbocycles. The van der Waals surface area contributed by atoms with Crippen molar-refractivity contribution in [2.45, 2.75) is 38.6 Å². The van der Waals surface area contributed by atoms with Crippen LogP contribution in [0.25, 0.3) is 0 Å². The zero-order valence-electron chi connectivity index (χ0n) is 18.4. The lowest BCUT2D eigenvalue weighted by Gasteiger charge is -2.25. The van der Waals surface area contributed by atoms with Crippen LogP contribution in [-0.4, -0.2) is 54.2 Å². The summed E-state index contributed by atoms with van der Waals surface area (Å²) in [6.45, 7) is 6.94. The number of aliphatic hydroxyl groups excluding tert-OH is 1. The molecule has 1 saturated carbocycles. The molecule has 170 valence electrons. The highest BCUT2D eigenvalue weighted by Gasteiger charge is 2.33. The standard InChI is InChI=1S/C24H29FN4O3/c1-15(13-17-5-7-18(25)8-6-17)22-16(2)29(12-4-11-27-22)24(32)21(20(30)14-26-3)23(31)28-19-9-10-19/h5-8,14,19,27,30H,1,4,9-13H2,2-3H3,(H,28,31)/b21-20+,26-14?. The van der Waals surface area contributed by atoms with Gasteiger partial charge in [0.1, 0.15) is 11.4 Å². The van der Waals surface area contributed by atoms with Gasteiger partial charge in [0.2, 0.25) is 0 Å². The number of nitrogens with zero attached hydrogens (tertiary/aromatic N) is 2. The highest BCUT2D eigenvalue weighted by molar-refractivity contribution is 6.21. The third kappa shape index (κ3) is 5.63. The summed E-state index contributed by atoms with van der Waals surface area (Å²) in [7, 11) is 1.45. The Labute approximate surface area is 187 Å². The van der Waals surface area contributed by atoms with E-state index in [2.05, 4.69) is 22.2 Å². The number of rotatable bonds is 7. The molecule has 0 atom stereocenters. The Bertz CT molecular complexity index is 991. The van der Waals surface area contributed by atoms with E-state index >= 15 is 0 Å². The molecule has 2 aliphatic rings. The maximum atomic E-state index is 13.4. The summed E-state index contributed by atoms with van der Waals surface area (Å²) >= 11 is 0. The first-order valence-electron chi connectivity index (χ1n) is 10.7. The summed E-state index contributed by atoms with van der Waals surface area (Å²) in [5.74, 6) is -1.97. The van der Waals surface area contributed by atoms with E-state index in [-0.39, 0.29) is 17.4 Å².